The zero-order chi connectivity index (χ0) is 11.2. The first-order valence-electron chi connectivity index (χ1n) is 4.73. The molecule has 0 saturated carbocycles. The molecule has 2 rings (SSSR count). The van der Waals surface area contributed by atoms with Crippen LogP contribution in [0, 0.1) is 0 Å². The van der Waals surface area contributed by atoms with Crippen LogP contribution < -0.4 is 0 Å². The molecule has 1 heterocycles. The first-order valence-corrected chi connectivity index (χ1v) is 4.73. The minimum atomic E-state index is 0.207. The fourth-order valence-corrected chi connectivity index (χ4v) is 1.16. The Hall–Kier alpha value is -2.36. The van der Waals surface area contributed by atoms with Crippen molar-refractivity contribution in [1.29, 1.82) is 0 Å². The highest BCUT2D eigenvalue weighted by atomic mass is 16.3. The molecule has 1 aromatic carbocycles. The van der Waals surface area contributed by atoms with Gasteiger partial charge in [-0.1, -0.05) is 12.1 Å². The van der Waals surface area contributed by atoms with Gasteiger partial charge in [0, 0.05) is 0 Å². The van der Waals surface area contributed by atoms with Crippen LogP contribution >= 0.6 is 0 Å². The number of furan rings is 1. The van der Waals surface area contributed by atoms with Crippen molar-refractivity contribution in [1.82, 2.24) is 0 Å². The molecule has 0 aliphatic heterocycles. The SMILES string of the molecule is Oc1cccc(/C=N/N=C\c2ccco2)c1. The van der Waals surface area contributed by atoms with Crippen molar-refractivity contribution in [3.05, 3.63) is 54.0 Å². The Labute approximate surface area is 92.6 Å². The summed E-state index contributed by atoms with van der Waals surface area (Å²) < 4.78 is 5.04. The van der Waals surface area contributed by atoms with Crippen molar-refractivity contribution < 1.29 is 9.52 Å². The van der Waals surface area contributed by atoms with Crippen LogP contribution in [0.3, 0.4) is 0 Å². The number of aromatic hydroxyl groups is 1. The Morgan fingerprint density at radius 3 is 2.69 bits per heavy atom. The van der Waals surface area contributed by atoms with Gasteiger partial charge in [0.05, 0.1) is 18.7 Å². The van der Waals surface area contributed by atoms with E-state index in [-0.39, 0.29) is 5.75 Å². The predicted octanol–water partition coefficient (Wildman–Crippen LogP) is 2.44. The predicted molar refractivity (Wildman–Crippen MR) is 62.0 cm³/mol. The number of rotatable bonds is 3. The highest BCUT2D eigenvalue weighted by Gasteiger charge is 1.89. The maximum absolute atomic E-state index is 9.20. The van der Waals surface area contributed by atoms with Crippen molar-refractivity contribution in [2.45, 2.75) is 0 Å². The van der Waals surface area contributed by atoms with Gasteiger partial charge in [-0.15, -0.1) is 0 Å². The highest BCUT2D eigenvalue weighted by molar-refractivity contribution is 5.81. The molecule has 4 nitrogen and oxygen atoms in total. The van der Waals surface area contributed by atoms with E-state index in [1.54, 1.807) is 42.8 Å². The number of benzene rings is 1. The Morgan fingerprint density at radius 2 is 1.94 bits per heavy atom. The van der Waals surface area contributed by atoms with E-state index < -0.39 is 0 Å². The van der Waals surface area contributed by atoms with E-state index in [1.807, 2.05) is 6.07 Å². The molecule has 0 unspecified atom stereocenters. The fourth-order valence-electron chi connectivity index (χ4n) is 1.16. The van der Waals surface area contributed by atoms with Crippen molar-refractivity contribution in [2.24, 2.45) is 10.2 Å². The number of nitrogens with zero attached hydrogens (tertiary/aromatic N) is 2. The smallest absolute Gasteiger partial charge is 0.146 e. The van der Waals surface area contributed by atoms with E-state index in [2.05, 4.69) is 10.2 Å². The molecular formula is C12H10N2O2. The van der Waals surface area contributed by atoms with Gasteiger partial charge >= 0.3 is 0 Å². The van der Waals surface area contributed by atoms with Gasteiger partial charge in [-0.3, -0.25) is 0 Å². The number of hydrogen-bond donors (Lipinski definition) is 1. The summed E-state index contributed by atoms with van der Waals surface area (Å²) >= 11 is 0. The van der Waals surface area contributed by atoms with Crippen LogP contribution in [0.5, 0.6) is 5.75 Å². The van der Waals surface area contributed by atoms with E-state index in [0.717, 1.165) is 5.56 Å². The topological polar surface area (TPSA) is 58.1 Å². The molecular weight excluding hydrogens is 204 g/mol. The lowest BCUT2D eigenvalue weighted by Gasteiger charge is -1.91. The van der Waals surface area contributed by atoms with Crippen LogP contribution in [0.1, 0.15) is 11.3 Å². The Balaban J connectivity index is 2.00. The molecule has 0 aliphatic rings. The van der Waals surface area contributed by atoms with Crippen LogP contribution in [0.4, 0.5) is 0 Å². The fraction of sp³-hybridized carbons (Fsp3) is 0. The second-order valence-electron chi connectivity index (χ2n) is 3.10. The summed E-state index contributed by atoms with van der Waals surface area (Å²) in [6.45, 7) is 0. The zero-order valence-corrected chi connectivity index (χ0v) is 8.45. The number of hydrogen-bond acceptors (Lipinski definition) is 4. The maximum atomic E-state index is 9.20. The molecule has 4 heteroatoms. The zero-order valence-electron chi connectivity index (χ0n) is 8.45. The molecule has 0 radical (unpaired) electrons. The van der Waals surface area contributed by atoms with Crippen molar-refractivity contribution in [2.75, 3.05) is 0 Å². The van der Waals surface area contributed by atoms with Crippen LogP contribution in [-0.2, 0) is 0 Å². The van der Waals surface area contributed by atoms with Gasteiger partial charge in [-0.25, -0.2) is 0 Å². The van der Waals surface area contributed by atoms with Crippen molar-refractivity contribution in [3.8, 4) is 5.75 Å². The third-order valence-electron chi connectivity index (χ3n) is 1.87. The normalized spacial score (nSPS) is 11.5. The summed E-state index contributed by atoms with van der Waals surface area (Å²) in [6.07, 6.45) is 4.64. The van der Waals surface area contributed by atoms with Crippen molar-refractivity contribution in [3.63, 3.8) is 0 Å². The maximum Gasteiger partial charge on any atom is 0.146 e. The minimum absolute atomic E-state index is 0.207. The van der Waals surface area contributed by atoms with Gasteiger partial charge in [-0.2, -0.15) is 10.2 Å². The van der Waals surface area contributed by atoms with E-state index in [9.17, 15) is 5.11 Å². The lowest BCUT2D eigenvalue weighted by atomic mass is 10.2. The van der Waals surface area contributed by atoms with E-state index in [4.69, 9.17) is 4.42 Å². The van der Waals surface area contributed by atoms with Crippen molar-refractivity contribution >= 4 is 12.4 Å². The van der Waals surface area contributed by atoms with E-state index in [0.29, 0.717) is 5.76 Å². The molecule has 0 saturated heterocycles. The molecule has 80 valence electrons. The van der Waals surface area contributed by atoms with Crippen LogP contribution in [-0.4, -0.2) is 17.5 Å². The molecule has 1 N–H and O–H groups in total. The lowest BCUT2D eigenvalue weighted by Crippen LogP contribution is -1.79. The second-order valence-corrected chi connectivity index (χ2v) is 3.10. The highest BCUT2D eigenvalue weighted by Crippen LogP contribution is 2.08. The average molecular weight is 214 g/mol. The van der Waals surface area contributed by atoms with Crippen LogP contribution in [0.2, 0.25) is 0 Å². The standard InChI is InChI=1S/C12H10N2O2/c15-11-4-1-3-10(7-11)8-13-14-9-12-5-2-6-16-12/h1-9,15H/b13-8+,14-9-. The summed E-state index contributed by atoms with van der Waals surface area (Å²) in [4.78, 5) is 0. The third-order valence-corrected chi connectivity index (χ3v) is 1.87. The van der Waals surface area contributed by atoms with Crippen LogP contribution in [0.15, 0.2) is 57.3 Å². The van der Waals surface area contributed by atoms with Gasteiger partial charge in [0.1, 0.15) is 11.5 Å². The quantitative estimate of drug-likeness (QED) is 0.630. The van der Waals surface area contributed by atoms with E-state index in [1.165, 1.54) is 6.21 Å². The summed E-state index contributed by atoms with van der Waals surface area (Å²) in [7, 11) is 0. The first kappa shape index (κ1) is 10.2. The first-order chi connectivity index (χ1) is 7.84. The summed E-state index contributed by atoms with van der Waals surface area (Å²) in [5, 5.41) is 16.8. The molecule has 0 atom stereocenters. The minimum Gasteiger partial charge on any atom is -0.508 e. The van der Waals surface area contributed by atoms with Gasteiger partial charge in [0.15, 0.2) is 0 Å². The number of phenolic OH excluding ortho intramolecular Hbond substituents is 1. The molecule has 0 aliphatic carbocycles. The lowest BCUT2D eigenvalue weighted by molar-refractivity contribution is 0.475. The van der Waals surface area contributed by atoms with E-state index >= 15 is 0 Å². The molecule has 0 amide bonds. The monoisotopic (exact) mass is 214 g/mol. The third kappa shape index (κ3) is 2.81. The molecule has 16 heavy (non-hydrogen) atoms. The summed E-state index contributed by atoms with van der Waals surface area (Å²) in [5.41, 5.74) is 0.789. The Bertz CT molecular complexity index is 501. The Kier molecular flexibility index (Phi) is 3.13. The summed E-state index contributed by atoms with van der Waals surface area (Å²) in [5.74, 6) is 0.854. The molecule has 0 bridgehead atoms. The average Bonchev–Trinajstić information content (AvgIpc) is 2.77. The molecule has 2 aromatic rings. The number of phenols is 1. The molecule has 0 fully saturated rings. The van der Waals surface area contributed by atoms with Gasteiger partial charge in [0.25, 0.3) is 0 Å². The van der Waals surface area contributed by atoms with Crippen LogP contribution in [0.25, 0.3) is 0 Å². The Morgan fingerprint density at radius 1 is 1.06 bits per heavy atom. The van der Waals surface area contributed by atoms with Gasteiger partial charge < -0.3 is 9.52 Å². The summed E-state index contributed by atoms with van der Waals surface area (Å²) in [6, 6.07) is 10.3. The molecule has 0 spiro atoms. The largest absolute Gasteiger partial charge is 0.508 e. The molecule has 1 aromatic heterocycles. The second kappa shape index (κ2) is 4.93. The van der Waals surface area contributed by atoms with Gasteiger partial charge in [0.2, 0.25) is 0 Å². The van der Waals surface area contributed by atoms with Gasteiger partial charge in [-0.05, 0) is 29.8 Å².